The first-order chi connectivity index (χ1) is 8.56. The van der Waals surface area contributed by atoms with Crippen molar-refractivity contribution in [1.82, 2.24) is 4.98 Å². The molecule has 0 saturated carbocycles. The zero-order valence-electron chi connectivity index (χ0n) is 9.51. The Bertz CT molecular complexity index is 566. The van der Waals surface area contributed by atoms with Crippen LogP contribution in [0.4, 0.5) is 4.39 Å². The van der Waals surface area contributed by atoms with Crippen LogP contribution in [0.2, 0.25) is 0 Å². The molecule has 0 saturated heterocycles. The minimum Gasteiger partial charge on any atom is -0.476 e. The number of rotatable bonds is 4. The van der Waals surface area contributed by atoms with Gasteiger partial charge in [0, 0.05) is 9.77 Å². The maximum Gasteiger partial charge on any atom is 0.355 e. The van der Waals surface area contributed by atoms with Crippen LogP contribution in [0.25, 0.3) is 0 Å². The second-order valence-electron chi connectivity index (χ2n) is 3.56. The van der Waals surface area contributed by atoms with Crippen molar-refractivity contribution in [2.45, 2.75) is 17.6 Å². The second-order valence-corrected chi connectivity index (χ2v) is 5.90. The third kappa shape index (κ3) is 3.08. The molecular formula is C12H10FNO2S2. The molecule has 0 atom stereocenters. The van der Waals surface area contributed by atoms with E-state index >= 15 is 0 Å². The SMILES string of the molecule is Cc1sc(CSc2ccc(F)cc2)nc1C(=O)O. The van der Waals surface area contributed by atoms with Crippen LogP contribution in [0.15, 0.2) is 29.2 Å². The summed E-state index contributed by atoms with van der Waals surface area (Å²) in [6.45, 7) is 1.74. The topological polar surface area (TPSA) is 50.2 Å². The third-order valence-corrected chi connectivity index (χ3v) is 4.40. The number of hydrogen-bond donors (Lipinski definition) is 1. The van der Waals surface area contributed by atoms with Crippen LogP contribution in [0, 0.1) is 12.7 Å². The van der Waals surface area contributed by atoms with Crippen molar-refractivity contribution in [2.24, 2.45) is 0 Å². The molecule has 2 rings (SSSR count). The van der Waals surface area contributed by atoms with Crippen LogP contribution in [0.1, 0.15) is 20.4 Å². The zero-order chi connectivity index (χ0) is 13.1. The average molecular weight is 283 g/mol. The van der Waals surface area contributed by atoms with E-state index in [9.17, 15) is 9.18 Å². The minimum absolute atomic E-state index is 0.120. The summed E-state index contributed by atoms with van der Waals surface area (Å²) in [5.74, 6) is -0.677. The molecule has 0 fully saturated rings. The Balaban J connectivity index is 2.04. The number of thiazole rings is 1. The number of carboxylic acid groups (broad SMARTS) is 1. The monoisotopic (exact) mass is 283 g/mol. The van der Waals surface area contributed by atoms with Crippen molar-refractivity contribution in [3.05, 3.63) is 45.7 Å². The first-order valence-electron chi connectivity index (χ1n) is 5.14. The number of thioether (sulfide) groups is 1. The Morgan fingerprint density at radius 2 is 2.11 bits per heavy atom. The number of nitrogens with zero attached hydrogens (tertiary/aromatic N) is 1. The molecule has 2 aromatic rings. The lowest BCUT2D eigenvalue weighted by Gasteiger charge is -1.98. The van der Waals surface area contributed by atoms with Gasteiger partial charge in [0.1, 0.15) is 10.8 Å². The minimum atomic E-state index is -0.998. The molecule has 18 heavy (non-hydrogen) atoms. The fourth-order valence-corrected chi connectivity index (χ4v) is 3.20. The lowest BCUT2D eigenvalue weighted by atomic mass is 10.4. The predicted octanol–water partition coefficient (Wildman–Crippen LogP) is 3.58. The molecule has 1 heterocycles. The number of hydrogen-bond acceptors (Lipinski definition) is 4. The lowest BCUT2D eigenvalue weighted by molar-refractivity contribution is 0.0690. The molecular weight excluding hydrogens is 273 g/mol. The van der Waals surface area contributed by atoms with Crippen LogP contribution in [0.3, 0.4) is 0 Å². The van der Waals surface area contributed by atoms with E-state index in [-0.39, 0.29) is 11.5 Å². The van der Waals surface area contributed by atoms with Gasteiger partial charge in [-0.1, -0.05) is 0 Å². The highest BCUT2D eigenvalue weighted by Crippen LogP contribution is 2.26. The van der Waals surface area contributed by atoms with Gasteiger partial charge in [-0.15, -0.1) is 23.1 Å². The molecule has 0 radical (unpaired) electrons. The van der Waals surface area contributed by atoms with Gasteiger partial charge in [-0.05, 0) is 31.2 Å². The van der Waals surface area contributed by atoms with E-state index in [1.54, 1.807) is 19.1 Å². The normalized spacial score (nSPS) is 10.6. The molecule has 6 heteroatoms. The fourth-order valence-electron chi connectivity index (χ4n) is 1.39. The van der Waals surface area contributed by atoms with Crippen LogP contribution >= 0.6 is 23.1 Å². The van der Waals surface area contributed by atoms with Gasteiger partial charge < -0.3 is 5.11 Å². The number of benzene rings is 1. The van der Waals surface area contributed by atoms with Crippen molar-refractivity contribution in [1.29, 1.82) is 0 Å². The fraction of sp³-hybridized carbons (Fsp3) is 0.167. The van der Waals surface area contributed by atoms with Gasteiger partial charge in [0.05, 0.1) is 5.75 Å². The van der Waals surface area contributed by atoms with Gasteiger partial charge in [-0.3, -0.25) is 0 Å². The molecule has 0 bridgehead atoms. The Kier molecular flexibility index (Phi) is 3.98. The molecule has 0 spiro atoms. The maximum atomic E-state index is 12.7. The first-order valence-corrected chi connectivity index (χ1v) is 6.94. The van der Waals surface area contributed by atoms with E-state index in [0.717, 1.165) is 9.90 Å². The quantitative estimate of drug-likeness (QED) is 0.871. The Hall–Kier alpha value is -1.40. The number of aryl methyl sites for hydroxylation is 1. The smallest absolute Gasteiger partial charge is 0.355 e. The van der Waals surface area contributed by atoms with Crippen molar-refractivity contribution in [3.63, 3.8) is 0 Å². The lowest BCUT2D eigenvalue weighted by Crippen LogP contribution is -1.98. The highest BCUT2D eigenvalue weighted by molar-refractivity contribution is 7.98. The van der Waals surface area contributed by atoms with Crippen molar-refractivity contribution in [2.75, 3.05) is 0 Å². The van der Waals surface area contributed by atoms with Gasteiger partial charge in [0.25, 0.3) is 0 Å². The summed E-state index contributed by atoms with van der Waals surface area (Å²) in [5.41, 5.74) is 0.120. The molecule has 0 amide bonds. The van der Waals surface area contributed by atoms with E-state index in [0.29, 0.717) is 10.6 Å². The van der Waals surface area contributed by atoms with Gasteiger partial charge >= 0.3 is 5.97 Å². The molecule has 0 aliphatic carbocycles. The standard InChI is InChI=1S/C12H10FNO2S2/c1-7-11(12(15)16)14-10(18-7)6-17-9-4-2-8(13)3-5-9/h2-5H,6H2,1H3,(H,15,16). The summed E-state index contributed by atoms with van der Waals surface area (Å²) in [5, 5.41) is 9.65. The average Bonchev–Trinajstić information content (AvgIpc) is 2.70. The number of halogens is 1. The predicted molar refractivity (Wildman–Crippen MR) is 69.8 cm³/mol. The van der Waals surface area contributed by atoms with Crippen LogP contribution < -0.4 is 0 Å². The molecule has 1 aromatic carbocycles. The highest BCUT2D eigenvalue weighted by atomic mass is 32.2. The molecule has 0 unspecified atom stereocenters. The summed E-state index contributed by atoms with van der Waals surface area (Å²) in [7, 11) is 0. The molecule has 1 aromatic heterocycles. The second kappa shape index (κ2) is 5.49. The van der Waals surface area contributed by atoms with Gasteiger partial charge in [-0.2, -0.15) is 0 Å². The van der Waals surface area contributed by atoms with Crippen LogP contribution in [-0.4, -0.2) is 16.1 Å². The first kappa shape index (κ1) is 13.0. The van der Waals surface area contributed by atoms with Crippen molar-refractivity contribution >= 4 is 29.1 Å². The Morgan fingerprint density at radius 1 is 1.44 bits per heavy atom. The zero-order valence-corrected chi connectivity index (χ0v) is 11.1. The largest absolute Gasteiger partial charge is 0.476 e. The van der Waals surface area contributed by atoms with Gasteiger partial charge in [-0.25, -0.2) is 14.2 Å². The van der Waals surface area contributed by atoms with Crippen molar-refractivity contribution in [3.8, 4) is 0 Å². The summed E-state index contributed by atoms with van der Waals surface area (Å²) < 4.78 is 12.7. The van der Waals surface area contributed by atoms with E-state index in [4.69, 9.17) is 5.11 Å². The van der Waals surface area contributed by atoms with E-state index in [1.807, 2.05) is 0 Å². The number of aromatic carboxylic acids is 1. The van der Waals surface area contributed by atoms with E-state index in [1.165, 1.54) is 35.2 Å². The molecule has 0 aliphatic heterocycles. The van der Waals surface area contributed by atoms with Crippen LogP contribution in [0.5, 0.6) is 0 Å². The molecule has 1 N–H and O–H groups in total. The molecule has 3 nitrogen and oxygen atoms in total. The van der Waals surface area contributed by atoms with E-state index in [2.05, 4.69) is 4.98 Å². The third-order valence-electron chi connectivity index (χ3n) is 2.22. The summed E-state index contributed by atoms with van der Waals surface area (Å²) in [4.78, 5) is 16.5. The summed E-state index contributed by atoms with van der Waals surface area (Å²) in [6.07, 6.45) is 0. The van der Waals surface area contributed by atoms with Crippen LogP contribution in [-0.2, 0) is 5.75 Å². The Labute approximate surface area is 112 Å². The highest BCUT2D eigenvalue weighted by Gasteiger charge is 2.13. The number of carbonyl (C=O) groups is 1. The van der Waals surface area contributed by atoms with E-state index < -0.39 is 5.97 Å². The number of carboxylic acids is 1. The van der Waals surface area contributed by atoms with Gasteiger partial charge in [0.2, 0.25) is 0 Å². The Morgan fingerprint density at radius 3 is 2.67 bits per heavy atom. The molecule has 0 aliphatic rings. The summed E-state index contributed by atoms with van der Waals surface area (Å²) >= 11 is 2.88. The maximum absolute atomic E-state index is 12.7. The molecule has 94 valence electrons. The van der Waals surface area contributed by atoms with Crippen molar-refractivity contribution < 1.29 is 14.3 Å². The number of aromatic nitrogens is 1. The summed E-state index contributed by atoms with van der Waals surface area (Å²) in [6, 6.07) is 6.19. The van der Waals surface area contributed by atoms with Gasteiger partial charge in [0.15, 0.2) is 5.69 Å².